The fourth-order valence-electron chi connectivity index (χ4n) is 9.66. The maximum Gasteiger partial charge on any atom is 0.220 e. The average molecular weight is 941 g/mol. The van der Waals surface area contributed by atoms with Crippen molar-refractivity contribution in [1.82, 2.24) is 5.32 Å². The maximum atomic E-state index is 12.5. The fourth-order valence-corrected chi connectivity index (χ4v) is 9.66. The number of nitrogens with one attached hydrogen (secondary N) is 1. The van der Waals surface area contributed by atoms with Gasteiger partial charge in [0.1, 0.15) is 0 Å². The van der Waals surface area contributed by atoms with Crippen molar-refractivity contribution in [2.75, 3.05) is 6.61 Å². The van der Waals surface area contributed by atoms with Gasteiger partial charge in [-0.3, -0.25) is 4.79 Å². The number of carbonyl (C=O) groups excluding carboxylic acids is 1. The van der Waals surface area contributed by atoms with E-state index in [9.17, 15) is 15.0 Å². The topological polar surface area (TPSA) is 69.6 Å². The highest BCUT2D eigenvalue weighted by Gasteiger charge is 2.18. The lowest BCUT2D eigenvalue weighted by molar-refractivity contribution is -0.123. The molecule has 0 saturated carbocycles. The Bertz CT molecular complexity index is 1020. The van der Waals surface area contributed by atoms with E-state index in [4.69, 9.17) is 0 Å². The summed E-state index contributed by atoms with van der Waals surface area (Å²) < 4.78 is 0. The summed E-state index contributed by atoms with van der Waals surface area (Å²) in [6.07, 6.45) is 80.5. The van der Waals surface area contributed by atoms with Crippen LogP contribution in [0.2, 0.25) is 0 Å². The Morgan fingerprint density at radius 1 is 0.343 bits per heavy atom. The molecule has 396 valence electrons. The molecule has 0 heterocycles. The Hall–Kier alpha value is -1.39. The summed E-state index contributed by atoms with van der Waals surface area (Å²) in [6.45, 7) is 4.33. The molecule has 0 aliphatic heterocycles. The molecular formula is C63H121NO3. The molecule has 0 aromatic carbocycles. The smallest absolute Gasteiger partial charge is 0.220 e. The van der Waals surface area contributed by atoms with Crippen molar-refractivity contribution in [1.29, 1.82) is 0 Å². The first-order valence-corrected chi connectivity index (χ1v) is 30.7. The lowest BCUT2D eigenvalue weighted by atomic mass is 10.0. The van der Waals surface area contributed by atoms with Crippen molar-refractivity contribution in [2.24, 2.45) is 0 Å². The van der Waals surface area contributed by atoms with Crippen LogP contribution in [-0.4, -0.2) is 34.9 Å². The molecule has 4 heteroatoms. The van der Waals surface area contributed by atoms with Crippen molar-refractivity contribution in [2.45, 2.75) is 353 Å². The fraction of sp³-hybridized carbons (Fsp3) is 0.889. The van der Waals surface area contributed by atoms with Crippen molar-refractivity contribution in [3.05, 3.63) is 36.5 Å². The monoisotopic (exact) mass is 940 g/mol. The molecule has 0 aromatic rings. The maximum absolute atomic E-state index is 12.5. The number of carbonyl (C=O) groups is 1. The second-order valence-corrected chi connectivity index (χ2v) is 21.1. The predicted molar refractivity (Wildman–Crippen MR) is 299 cm³/mol. The van der Waals surface area contributed by atoms with Gasteiger partial charge in [-0.05, 0) is 57.8 Å². The highest BCUT2D eigenvalue weighted by molar-refractivity contribution is 5.76. The first-order chi connectivity index (χ1) is 33.2. The van der Waals surface area contributed by atoms with E-state index in [0.717, 1.165) is 32.1 Å². The standard InChI is InChI=1S/C63H121NO3/c1-3-5-7-9-11-13-15-17-19-21-23-25-27-28-29-30-31-32-33-34-35-37-38-40-42-44-46-48-50-52-54-56-58-62(66)61(60-65)64-63(67)59-57-55-53-51-49-47-45-43-41-39-36-26-24-22-20-18-16-14-12-10-8-6-4-2/h22,24,48,50,56,58,61-62,65-66H,3-21,23,25-47,49,51-55,57,59-60H2,1-2H3,(H,64,67)/b24-22-,50-48+,58-56+. The second kappa shape index (κ2) is 58.9. The van der Waals surface area contributed by atoms with Crippen LogP contribution in [0.3, 0.4) is 0 Å². The van der Waals surface area contributed by atoms with E-state index in [-0.39, 0.29) is 12.5 Å². The Morgan fingerprint density at radius 2 is 0.582 bits per heavy atom. The minimum absolute atomic E-state index is 0.0699. The zero-order valence-electron chi connectivity index (χ0n) is 45.7. The summed E-state index contributed by atoms with van der Waals surface area (Å²) in [4.78, 5) is 12.5. The van der Waals surface area contributed by atoms with Crippen LogP contribution in [0, 0.1) is 0 Å². The normalized spacial score (nSPS) is 13.0. The molecule has 0 rings (SSSR count). The van der Waals surface area contributed by atoms with Crippen LogP contribution in [0.15, 0.2) is 36.5 Å². The summed E-state index contributed by atoms with van der Waals surface area (Å²) in [5.41, 5.74) is 0. The van der Waals surface area contributed by atoms with Gasteiger partial charge in [-0.25, -0.2) is 0 Å². The lowest BCUT2D eigenvalue weighted by Crippen LogP contribution is -2.45. The Labute approximate surface area is 421 Å². The Balaban J connectivity index is 3.48. The molecule has 3 N–H and O–H groups in total. The highest BCUT2D eigenvalue weighted by atomic mass is 16.3. The molecule has 0 fully saturated rings. The lowest BCUT2D eigenvalue weighted by Gasteiger charge is -2.19. The van der Waals surface area contributed by atoms with Crippen molar-refractivity contribution < 1.29 is 15.0 Å². The van der Waals surface area contributed by atoms with Crippen LogP contribution in [-0.2, 0) is 4.79 Å². The quantitative estimate of drug-likeness (QED) is 0.0420. The van der Waals surface area contributed by atoms with E-state index < -0.39 is 12.1 Å². The Kier molecular flexibility index (Phi) is 57.7. The molecule has 0 aromatic heterocycles. The van der Waals surface area contributed by atoms with E-state index in [1.807, 2.05) is 6.08 Å². The minimum Gasteiger partial charge on any atom is -0.394 e. The number of aliphatic hydroxyl groups is 2. The third-order valence-corrected chi connectivity index (χ3v) is 14.3. The van der Waals surface area contributed by atoms with Crippen molar-refractivity contribution in [3.8, 4) is 0 Å². The zero-order chi connectivity index (χ0) is 48.5. The zero-order valence-corrected chi connectivity index (χ0v) is 45.7. The van der Waals surface area contributed by atoms with Gasteiger partial charge in [-0.2, -0.15) is 0 Å². The molecule has 0 aliphatic carbocycles. The number of hydrogen-bond acceptors (Lipinski definition) is 3. The molecule has 67 heavy (non-hydrogen) atoms. The van der Waals surface area contributed by atoms with Gasteiger partial charge in [0, 0.05) is 6.42 Å². The molecule has 2 atom stereocenters. The van der Waals surface area contributed by atoms with Gasteiger partial charge in [0.25, 0.3) is 0 Å². The number of amides is 1. The summed E-state index contributed by atoms with van der Waals surface area (Å²) in [5.74, 6) is -0.0699. The Morgan fingerprint density at radius 3 is 0.866 bits per heavy atom. The number of unbranched alkanes of at least 4 members (excludes halogenated alkanes) is 46. The van der Waals surface area contributed by atoms with Crippen LogP contribution in [0.1, 0.15) is 341 Å². The summed E-state index contributed by atoms with van der Waals surface area (Å²) in [6, 6.07) is -0.640. The van der Waals surface area contributed by atoms with Gasteiger partial charge < -0.3 is 15.5 Å². The second-order valence-electron chi connectivity index (χ2n) is 21.1. The molecule has 0 bridgehead atoms. The van der Waals surface area contributed by atoms with Gasteiger partial charge in [-0.1, -0.05) is 314 Å². The summed E-state index contributed by atoms with van der Waals surface area (Å²) >= 11 is 0. The number of rotatable bonds is 57. The molecule has 1 amide bonds. The predicted octanol–water partition coefficient (Wildman–Crippen LogP) is 20.4. The van der Waals surface area contributed by atoms with Crippen molar-refractivity contribution in [3.63, 3.8) is 0 Å². The van der Waals surface area contributed by atoms with Gasteiger partial charge in [0.15, 0.2) is 0 Å². The minimum atomic E-state index is -0.863. The van der Waals surface area contributed by atoms with E-state index in [1.165, 1.54) is 289 Å². The third kappa shape index (κ3) is 55.4. The van der Waals surface area contributed by atoms with Crippen LogP contribution in [0.4, 0.5) is 0 Å². The van der Waals surface area contributed by atoms with Crippen LogP contribution in [0.5, 0.6) is 0 Å². The van der Waals surface area contributed by atoms with Gasteiger partial charge >= 0.3 is 0 Å². The highest BCUT2D eigenvalue weighted by Crippen LogP contribution is 2.18. The molecule has 0 saturated heterocycles. The molecule has 0 aliphatic rings. The molecule has 2 unspecified atom stereocenters. The van der Waals surface area contributed by atoms with Crippen LogP contribution in [0.25, 0.3) is 0 Å². The number of allylic oxidation sites excluding steroid dienone is 5. The number of hydrogen-bond donors (Lipinski definition) is 3. The van der Waals surface area contributed by atoms with E-state index in [2.05, 4.69) is 43.5 Å². The van der Waals surface area contributed by atoms with Gasteiger partial charge in [0.05, 0.1) is 18.8 Å². The van der Waals surface area contributed by atoms with Gasteiger partial charge in [-0.15, -0.1) is 0 Å². The van der Waals surface area contributed by atoms with Crippen molar-refractivity contribution >= 4 is 5.91 Å². The molecular weight excluding hydrogens is 819 g/mol. The van der Waals surface area contributed by atoms with E-state index >= 15 is 0 Å². The largest absolute Gasteiger partial charge is 0.394 e. The van der Waals surface area contributed by atoms with E-state index in [0.29, 0.717) is 6.42 Å². The third-order valence-electron chi connectivity index (χ3n) is 14.3. The van der Waals surface area contributed by atoms with Crippen LogP contribution < -0.4 is 5.32 Å². The molecule has 4 nitrogen and oxygen atoms in total. The summed E-state index contributed by atoms with van der Waals surface area (Å²) in [5, 5.41) is 23.2. The van der Waals surface area contributed by atoms with Crippen LogP contribution >= 0.6 is 0 Å². The average Bonchev–Trinajstić information content (AvgIpc) is 3.33. The van der Waals surface area contributed by atoms with Gasteiger partial charge in [0.2, 0.25) is 5.91 Å². The molecule has 0 spiro atoms. The number of aliphatic hydroxyl groups excluding tert-OH is 2. The first-order valence-electron chi connectivity index (χ1n) is 30.7. The SMILES string of the molecule is CCCCCCCCCC/C=C\CCCCCCCCCCCCCC(=O)NC(CO)C(O)/C=C/CC/C=C/CCCCCCCCCCCCCCCCCCCCCCCCCCCC. The van der Waals surface area contributed by atoms with E-state index in [1.54, 1.807) is 6.08 Å². The molecule has 0 radical (unpaired) electrons. The summed E-state index contributed by atoms with van der Waals surface area (Å²) in [7, 11) is 0. The first kappa shape index (κ1) is 65.6.